The van der Waals surface area contributed by atoms with E-state index in [-0.39, 0.29) is 12.5 Å². The highest BCUT2D eigenvalue weighted by Crippen LogP contribution is 2.21. The molecule has 0 aliphatic carbocycles. The largest absolute Gasteiger partial charge is 0.493 e. The van der Waals surface area contributed by atoms with Crippen LogP contribution in [0.15, 0.2) is 60.7 Å². The summed E-state index contributed by atoms with van der Waals surface area (Å²) >= 11 is 0. The van der Waals surface area contributed by atoms with Crippen molar-refractivity contribution in [3.63, 3.8) is 0 Å². The Morgan fingerprint density at radius 1 is 0.886 bits per heavy atom. The fourth-order valence-corrected chi connectivity index (χ4v) is 4.11. The summed E-state index contributed by atoms with van der Waals surface area (Å²) in [6, 6.07) is 20.2. The van der Waals surface area contributed by atoms with Gasteiger partial charge in [0.1, 0.15) is 17.3 Å². The summed E-state index contributed by atoms with van der Waals surface area (Å²) in [5, 5.41) is 2.96. The minimum Gasteiger partial charge on any atom is -0.493 e. The maximum absolute atomic E-state index is 12.5. The van der Waals surface area contributed by atoms with Gasteiger partial charge in [0.05, 0.1) is 24.2 Å². The molecular formula is C29H33N3O3. The normalized spacial score (nSPS) is 11.0. The number of carbonyl (C=O) groups excluding carboxylic acids is 1. The molecule has 1 amide bonds. The maximum atomic E-state index is 12.5. The summed E-state index contributed by atoms with van der Waals surface area (Å²) in [6.07, 6.45) is 0.824. The summed E-state index contributed by atoms with van der Waals surface area (Å²) in [5.41, 5.74) is 6.44. The molecule has 1 N–H and O–H groups in total. The number of hydrogen-bond donors (Lipinski definition) is 1. The van der Waals surface area contributed by atoms with Crippen LogP contribution in [0.25, 0.3) is 11.0 Å². The highest BCUT2D eigenvalue weighted by molar-refractivity contribution is 5.78. The predicted molar refractivity (Wildman–Crippen MR) is 139 cm³/mol. The van der Waals surface area contributed by atoms with Crippen LogP contribution in [0.3, 0.4) is 0 Å². The number of fused-ring (bicyclic) bond motifs is 1. The number of nitrogens with one attached hydrogen (secondary N) is 1. The molecule has 0 aliphatic rings. The van der Waals surface area contributed by atoms with Gasteiger partial charge in [0.15, 0.2) is 6.61 Å². The first-order valence-corrected chi connectivity index (χ1v) is 12.0. The maximum Gasteiger partial charge on any atom is 0.258 e. The minimum absolute atomic E-state index is 0.0335. The Bertz CT molecular complexity index is 1330. The van der Waals surface area contributed by atoms with Crippen LogP contribution in [0.5, 0.6) is 11.5 Å². The highest BCUT2D eigenvalue weighted by Gasteiger charge is 2.12. The van der Waals surface area contributed by atoms with Crippen molar-refractivity contribution < 1.29 is 14.3 Å². The SMILES string of the molecule is Cc1ccc(OCCCn2c(CNC(=O)COc3cc(C)ccc3C)nc3ccccc32)c(C)c1. The average Bonchev–Trinajstić information content (AvgIpc) is 3.19. The van der Waals surface area contributed by atoms with Gasteiger partial charge in [-0.3, -0.25) is 4.79 Å². The van der Waals surface area contributed by atoms with E-state index < -0.39 is 0 Å². The average molecular weight is 472 g/mol. The second-order valence-corrected chi connectivity index (χ2v) is 8.97. The quantitative estimate of drug-likeness (QED) is 0.313. The molecule has 1 heterocycles. The van der Waals surface area contributed by atoms with Crippen LogP contribution in [0.2, 0.25) is 0 Å². The molecule has 0 aliphatic heterocycles. The second-order valence-electron chi connectivity index (χ2n) is 8.97. The zero-order valence-electron chi connectivity index (χ0n) is 20.9. The standard InChI is InChI=1S/C29H33N3O3/c1-20-11-13-26(23(4)16-20)34-15-7-14-32-25-9-6-5-8-24(25)31-28(32)18-30-29(33)19-35-27-17-21(2)10-12-22(27)3/h5-6,8-13,16-17H,7,14-15,18-19H2,1-4H3,(H,30,33). The number of benzene rings is 3. The molecule has 6 nitrogen and oxygen atoms in total. The Morgan fingerprint density at radius 2 is 1.66 bits per heavy atom. The van der Waals surface area contributed by atoms with E-state index >= 15 is 0 Å². The van der Waals surface area contributed by atoms with E-state index in [2.05, 4.69) is 41.9 Å². The number of imidazole rings is 1. The molecule has 0 radical (unpaired) electrons. The van der Waals surface area contributed by atoms with E-state index in [0.717, 1.165) is 58.0 Å². The van der Waals surface area contributed by atoms with Gasteiger partial charge in [0.25, 0.3) is 5.91 Å². The molecule has 0 unspecified atom stereocenters. The molecule has 6 heteroatoms. The Morgan fingerprint density at radius 3 is 2.49 bits per heavy atom. The number of aromatic nitrogens is 2. The molecule has 35 heavy (non-hydrogen) atoms. The third-order valence-corrected chi connectivity index (χ3v) is 5.99. The first kappa shape index (κ1) is 24.3. The van der Waals surface area contributed by atoms with Crippen molar-refractivity contribution in [3.8, 4) is 11.5 Å². The first-order valence-electron chi connectivity index (χ1n) is 12.0. The van der Waals surface area contributed by atoms with Gasteiger partial charge in [0.2, 0.25) is 0 Å². The third kappa shape index (κ3) is 6.21. The molecule has 0 atom stereocenters. The first-order chi connectivity index (χ1) is 16.9. The van der Waals surface area contributed by atoms with Gasteiger partial charge in [-0.25, -0.2) is 4.98 Å². The number of aryl methyl sites for hydroxylation is 5. The number of hydrogen-bond acceptors (Lipinski definition) is 4. The minimum atomic E-state index is -0.178. The van der Waals surface area contributed by atoms with Crippen LogP contribution in [-0.4, -0.2) is 28.7 Å². The van der Waals surface area contributed by atoms with Crippen LogP contribution in [-0.2, 0) is 17.9 Å². The smallest absolute Gasteiger partial charge is 0.258 e. The molecule has 0 saturated heterocycles. The molecule has 0 spiro atoms. The molecular weight excluding hydrogens is 438 g/mol. The summed E-state index contributed by atoms with van der Waals surface area (Å²) in [7, 11) is 0. The lowest BCUT2D eigenvalue weighted by Gasteiger charge is -2.13. The van der Waals surface area contributed by atoms with E-state index in [4.69, 9.17) is 14.5 Å². The van der Waals surface area contributed by atoms with Crippen molar-refractivity contribution in [1.29, 1.82) is 0 Å². The number of para-hydroxylation sites is 2. The molecule has 0 saturated carbocycles. The van der Waals surface area contributed by atoms with Crippen LogP contribution in [0, 0.1) is 27.7 Å². The van der Waals surface area contributed by atoms with Gasteiger partial charge in [-0.2, -0.15) is 0 Å². The number of rotatable bonds is 10. The number of amides is 1. The summed E-state index contributed by atoms with van der Waals surface area (Å²) in [4.78, 5) is 17.2. The Labute approximate surface area is 206 Å². The van der Waals surface area contributed by atoms with Crippen molar-refractivity contribution >= 4 is 16.9 Å². The van der Waals surface area contributed by atoms with E-state index in [9.17, 15) is 4.79 Å². The van der Waals surface area contributed by atoms with E-state index in [1.54, 1.807) is 0 Å². The molecule has 0 fully saturated rings. The Balaban J connectivity index is 1.36. The molecule has 182 valence electrons. The van der Waals surface area contributed by atoms with Gasteiger partial charge in [-0.15, -0.1) is 0 Å². The van der Waals surface area contributed by atoms with Crippen molar-refractivity contribution in [2.24, 2.45) is 0 Å². The van der Waals surface area contributed by atoms with Crippen molar-refractivity contribution in [2.45, 2.75) is 47.2 Å². The van der Waals surface area contributed by atoms with Crippen molar-refractivity contribution in [1.82, 2.24) is 14.9 Å². The van der Waals surface area contributed by atoms with E-state index in [1.807, 2.05) is 56.3 Å². The molecule has 4 rings (SSSR count). The molecule has 1 aromatic heterocycles. The van der Waals surface area contributed by atoms with Crippen molar-refractivity contribution in [3.05, 3.63) is 88.7 Å². The summed E-state index contributed by atoms with van der Waals surface area (Å²) < 4.78 is 13.9. The topological polar surface area (TPSA) is 65.4 Å². The van der Waals surface area contributed by atoms with Crippen LogP contribution in [0.1, 0.15) is 34.5 Å². The molecule has 4 aromatic rings. The van der Waals surface area contributed by atoms with E-state index in [1.165, 1.54) is 5.56 Å². The van der Waals surface area contributed by atoms with Gasteiger partial charge >= 0.3 is 0 Å². The van der Waals surface area contributed by atoms with Crippen LogP contribution in [0.4, 0.5) is 0 Å². The van der Waals surface area contributed by atoms with E-state index in [0.29, 0.717) is 13.2 Å². The number of carbonyl (C=O) groups is 1. The third-order valence-electron chi connectivity index (χ3n) is 5.99. The fraction of sp³-hybridized carbons (Fsp3) is 0.310. The van der Waals surface area contributed by atoms with Gasteiger partial charge in [-0.05, 0) is 75.1 Å². The van der Waals surface area contributed by atoms with Gasteiger partial charge in [0, 0.05) is 6.54 Å². The zero-order valence-corrected chi connectivity index (χ0v) is 20.9. The van der Waals surface area contributed by atoms with Gasteiger partial charge in [-0.1, -0.05) is 42.0 Å². The lowest BCUT2D eigenvalue weighted by Crippen LogP contribution is -2.29. The summed E-state index contributed by atoms with van der Waals surface area (Å²) in [5.74, 6) is 2.29. The van der Waals surface area contributed by atoms with Crippen LogP contribution >= 0.6 is 0 Å². The number of nitrogens with zero attached hydrogens (tertiary/aromatic N) is 2. The lowest BCUT2D eigenvalue weighted by atomic mass is 10.1. The van der Waals surface area contributed by atoms with Crippen molar-refractivity contribution in [2.75, 3.05) is 13.2 Å². The molecule has 3 aromatic carbocycles. The fourth-order valence-electron chi connectivity index (χ4n) is 4.11. The monoisotopic (exact) mass is 471 g/mol. The Kier molecular flexibility index (Phi) is 7.70. The predicted octanol–water partition coefficient (Wildman–Crippen LogP) is 5.43. The second kappa shape index (κ2) is 11.1. The molecule has 0 bridgehead atoms. The lowest BCUT2D eigenvalue weighted by molar-refractivity contribution is -0.123. The summed E-state index contributed by atoms with van der Waals surface area (Å²) in [6.45, 7) is 9.77. The Hall–Kier alpha value is -3.80. The zero-order chi connectivity index (χ0) is 24.8. The highest BCUT2D eigenvalue weighted by atomic mass is 16.5. The van der Waals surface area contributed by atoms with Gasteiger partial charge < -0.3 is 19.4 Å². The number of ether oxygens (including phenoxy) is 2. The van der Waals surface area contributed by atoms with Crippen LogP contribution < -0.4 is 14.8 Å².